The Bertz CT molecular complexity index is 585. The minimum atomic E-state index is -0.429. The number of nitro groups is 1. The lowest BCUT2D eigenvalue weighted by Gasteiger charge is -2.04. The minimum absolute atomic E-state index is 0.0143. The van der Waals surface area contributed by atoms with Gasteiger partial charge in [0.1, 0.15) is 5.82 Å². The molecule has 2 rings (SSSR count). The molecule has 0 aromatic carbocycles. The number of pyridine rings is 1. The molecule has 0 aliphatic heterocycles. The molecule has 0 aliphatic carbocycles. The summed E-state index contributed by atoms with van der Waals surface area (Å²) in [5.74, 6) is 0.492. The van der Waals surface area contributed by atoms with E-state index in [0.717, 1.165) is 4.88 Å². The van der Waals surface area contributed by atoms with Crippen molar-refractivity contribution in [2.24, 2.45) is 0 Å². The molecule has 2 heterocycles. The molecule has 0 radical (unpaired) electrons. The maximum atomic E-state index is 10.9. The highest BCUT2D eigenvalue weighted by molar-refractivity contribution is 7.19. The first-order valence-electron chi connectivity index (χ1n) is 5.26. The van der Waals surface area contributed by atoms with Gasteiger partial charge in [-0.05, 0) is 19.1 Å². The maximum Gasteiger partial charge on any atom is 0.275 e. The van der Waals surface area contributed by atoms with E-state index in [1.807, 2.05) is 6.92 Å². The third-order valence-electron chi connectivity index (χ3n) is 2.20. The molecular weight excluding hydrogens is 274 g/mol. The van der Waals surface area contributed by atoms with Gasteiger partial charge in [0.25, 0.3) is 5.69 Å². The molecule has 1 N–H and O–H groups in total. The normalized spacial score (nSPS) is 10.3. The van der Waals surface area contributed by atoms with Crippen molar-refractivity contribution in [3.63, 3.8) is 0 Å². The Labute approximate surface area is 113 Å². The number of hydrogen-bond donors (Lipinski definition) is 1. The van der Waals surface area contributed by atoms with Crippen molar-refractivity contribution in [1.82, 2.24) is 4.98 Å². The summed E-state index contributed by atoms with van der Waals surface area (Å²) in [6.07, 6.45) is 0. The fourth-order valence-electron chi connectivity index (χ4n) is 1.47. The molecule has 2 aromatic heterocycles. The number of halogens is 1. The number of rotatable bonds is 4. The van der Waals surface area contributed by atoms with Gasteiger partial charge in [0.2, 0.25) is 0 Å². The molecule has 0 spiro atoms. The van der Waals surface area contributed by atoms with E-state index in [9.17, 15) is 10.1 Å². The molecule has 0 amide bonds. The molecule has 2 aromatic rings. The van der Waals surface area contributed by atoms with Gasteiger partial charge in [-0.1, -0.05) is 11.6 Å². The zero-order valence-electron chi connectivity index (χ0n) is 9.51. The van der Waals surface area contributed by atoms with Crippen LogP contribution in [0.4, 0.5) is 11.5 Å². The van der Waals surface area contributed by atoms with Crippen LogP contribution in [0.15, 0.2) is 24.3 Å². The molecule has 0 aliphatic rings. The van der Waals surface area contributed by atoms with Gasteiger partial charge in [0.05, 0.1) is 25.9 Å². The molecule has 7 heteroatoms. The van der Waals surface area contributed by atoms with Gasteiger partial charge >= 0.3 is 0 Å². The van der Waals surface area contributed by atoms with Gasteiger partial charge in [-0.3, -0.25) is 10.1 Å². The van der Waals surface area contributed by atoms with Crippen molar-refractivity contribution in [1.29, 1.82) is 0 Å². The summed E-state index contributed by atoms with van der Waals surface area (Å²) in [5, 5.41) is 13.8. The van der Waals surface area contributed by atoms with Crippen LogP contribution < -0.4 is 5.32 Å². The molecular formula is C11H10ClN3O2S. The van der Waals surface area contributed by atoms with Gasteiger partial charge in [-0.2, -0.15) is 0 Å². The Hall–Kier alpha value is -1.66. The van der Waals surface area contributed by atoms with E-state index in [1.54, 1.807) is 12.1 Å². The zero-order chi connectivity index (χ0) is 13.1. The van der Waals surface area contributed by atoms with Crippen LogP contribution in [-0.4, -0.2) is 16.5 Å². The van der Waals surface area contributed by atoms with Crippen LogP contribution in [0.5, 0.6) is 0 Å². The highest BCUT2D eigenvalue weighted by Crippen LogP contribution is 2.32. The van der Waals surface area contributed by atoms with Gasteiger partial charge in [0, 0.05) is 12.6 Å². The van der Waals surface area contributed by atoms with Gasteiger partial charge in [-0.25, -0.2) is 4.98 Å². The number of aromatic nitrogens is 1. The fourth-order valence-corrected chi connectivity index (χ4v) is 2.48. The Morgan fingerprint density at radius 1 is 1.50 bits per heavy atom. The van der Waals surface area contributed by atoms with E-state index < -0.39 is 4.92 Å². The minimum Gasteiger partial charge on any atom is -0.370 e. The molecule has 0 saturated heterocycles. The Morgan fingerprint density at radius 3 is 2.83 bits per heavy atom. The van der Waals surface area contributed by atoms with Crippen molar-refractivity contribution in [3.8, 4) is 10.6 Å². The summed E-state index contributed by atoms with van der Waals surface area (Å²) in [6, 6.07) is 6.41. The first-order chi connectivity index (χ1) is 8.60. The summed E-state index contributed by atoms with van der Waals surface area (Å²) in [7, 11) is 0. The van der Waals surface area contributed by atoms with Crippen molar-refractivity contribution >= 4 is 34.4 Å². The predicted octanol–water partition coefficient (Wildman–Crippen LogP) is 3.80. The van der Waals surface area contributed by atoms with E-state index in [1.165, 1.54) is 23.5 Å². The molecule has 5 nitrogen and oxygen atoms in total. The van der Waals surface area contributed by atoms with Crippen molar-refractivity contribution < 1.29 is 4.92 Å². The van der Waals surface area contributed by atoms with E-state index >= 15 is 0 Å². The van der Waals surface area contributed by atoms with Gasteiger partial charge in [-0.15, -0.1) is 11.3 Å². The molecule has 18 heavy (non-hydrogen) atoms. The van der Waals surface area contributed by atoms with Crippen molar-refractivity contribution in [3.05, 3.63) is 38.7 Å². The zero-order valence-corrected chi connectivity index (χ0v) is 11.1. The molecule has 0 fully saturated rings. The first kappa shape index (κ1) is 12.8. The number of anilines is 1. The summed E-state index contributed by atoms with van der Waals surface area (Å²) < 4.78 is 0.628. The lowest BCUT2D eigenvalue weighted by atomic mass is 10.2. The number of thiophene rings is 1. The largest absolute Gasteiger partial charge is 0.370 e. The smallest absolute Gasteiger partial charge is 0.275 e. The second kappa shape index (κ2) is 5.32. The molecule has 94 valence electrons. The highest BCUT2D eigenvalue weighted by atomic mass is 35.5. The van der Waals surface area contributed by atoms with Crippen LogP contribution in [0, 0.1) is 10.1 Å². The molecule has 0 bridgehead atoms. The Balaban J connectivity index is 2.49. The third-order valence-corrected chi connectivity index (χ3v) is 3.46. The summed E-state index contributed by atoms with van der Waals surface area (Å²) in [4.78, 5) is 15.6. The van der Waals surface area contributed by atoms with Crippen molar-refractivity contribution in [2.75, 3.05) is 11.9 Å². The van der Waals surface area contributed by atoms with Crippen LogP contribution in [0.3, 0.4) is 0 Å². The standard InChI is InChI=1S/C11H10ClN3O2S/c1-2-13-11-6-7(15(16)17)5-8(14-11)9-3-4-10(12)18-9/h3-6H,2H2,1H3,(H,13,14). The van der Waals surface area contributed by atoms with Crippen LogP contribution in [-0.2, 0) is 0 Å². The summed E-state index contributed by atoms with van der Waals surface area (Å²) >= 11 is 7.20. The van der Waals surface area contributed by atoms with E-state index in [2.05, 4.69) is 10.3 Å². The summed E-state index contributed by atoms with van der Waals surface area (Å²) in [5.41, 5.74) is 0.567. The van der Waals surface area contributed by atoms with E-state index in [-0.39, 0.29) is 5.69 Å². The van der Waals surface area contributed by atoms with Crippen LogP contribution >= 0.6 is 22.9 Å². The quantitative estimate of drug-likeness (QED) is 0.684. The molecule has 0 atom stereocenters. The lowest BCUT2D eigenvalue weighted by molar-refractivity contribution is -0.384. The first-order valence-corrected chi connectivity index (χ1v) is 6.45. The Kier molecular flexibility index (Phi) is 3.78. The third kappa shape index (κ3) is 2.77. The second-order valence-corrected chi connectivity index (χ2v) is 5.20. The summed E-state index contributed by atoms with van der Waals surface area (Å²) in [6.45, 7) is 2.56. The highest BCUT2D eigenvalue weighted by Gasteiger charge is 2.13. The second-order valence-electron chi connectivity index (χ2n) is 3.49. The number of nitrogens with zero attached hydrogens (tertiary/aromatic N) is 2. The van der Waals surface area contributed by atoms with Crippen LogP contribution in [0.1, 0.15) is 6.92 Å². The topological polar surface area (TPSA) is 68.1 Å². The Morgan fingerprint density at radius 2 is 2.28 bits per heavy atom. The van der Waals surface area contributed by atoms with E-state index in [0.29, 0.717) is 22.4 Å². The van der Waals surface area contributed by atoms with Gasteiger partial charge < -0.3 is 5.32 Å². The van der Waals surface area contributed by atoms with Gasteiger partial charge in [0.15, 0.2) is 0 Å². The number of nitrogens with one attached hydrogen (secondary N) is 1. The van der Waals surface area contributed by atoms with Crippen molar-refractivity contribution in [2.45, 2.75) is 6.92 Å². The maximum absolute atomic E-state index is 10.9. The van der Waals surface area contributed by atoms with Crippen LogP contribution in [0.25, 0.3) is 10.6 Å². The molecule has 0 saturated carbocycles. The monoisotopic (exact) mass is 283 g/mol. The van der Waals surface area contributed by atoms with Crippen LogP contribution in [0.2, 0.25) is 4.34 Å². The fraction of sp³-hybridized carbons (Fsp3) is 0.182. The predicted molar refractivity (Wildman–Crippen MR) is 73.4 cm³/mol. The lowest BCUT2D eigenvalue weighted by Crippen LogP contribution is -2.01. The molecule has 0 unspecified atom stereocenters. The average molecular weight is 284 g/mol. The van der Waals surface area contributed by atoms with E-state index in [4.69, 9.17) is 11.6 Å². The average Bonchev–Trinajstić information content (AvgIpc) is 2.76. The number of hydrogen-bond acceptors (Lipinski definition) is 5. The SMILES string of the molecule is CCNc1cc([N+](=O)[O-])cc(-c2ccc(Cl)s2)n1.